The molecule has 1 rings (SSSR count). The number of nitrogens with zero attached hydrogens (tertiary/aromatic N) is 3. The van der Waals surface area contributed by atoms with E-state index in [1.807, 2.05) is 0 Å². The third-order valence-corrected chi connectivity index (χ3v) is 1.80. The molecule has 0 fully saturated rings. The fourth-order valence-electron chi connectivity index (χ4n) is 1.10. The number of halogens is 2. The minimum atomic E-state index is -1.02. The number of ether oxygens (including phenoxy) is 1. The van der Waals surface area contributed by atoms with Gasteiger partial charge in [-0.05, 0) is 23.2 Å². The van der Waals surface area contributed by atoms with Crippen molar-refractivity contribution in [2.24, 2.45) is 5.11 Å². The summed E-state index contributed by atoms with van der Waals surface area (Å²) >= 11 is 0. The minimum absolute atomic E-state index is 0.151. The van der Waals surface area contributed by atoms with Gasteiger partial charge in [0.1, 0.15) is 0 Å². The summed E-state index contributed by atoms with van der Waals surface area (Å²) in [7, 11) is 1.26. The molecule has 0 spiro atoms. The summed E-state index contributed by atoms with van der Waals surface area (Å²) in [5, 5.41) is 3.26. The van der Waals surface area contributed by atoms with Crippen LogP contribution in [-0.2, 0) is 0 Å². The van der Waals surface area contributed by atoms with Crippen molar-refractivity contribution in [1.82, 2.24) is 0 Å². The molecule has 4 nitrogen and oxygen atoms in total. The third kappa shape index (κ3) is 2.96. The molecule has 0 bridgehead atoms. The second-order valence-corrected chi connectivity index (χ2v) is 2.83. The van der Waals surface area contributed by atoms with Crippen LogP contribution < -0.4 is 4.74 Å². The third-order valence-electron chi connectivity index (χ3n) is 1.80. The summed E-state index contributed by atoms with van der Waals surface area (Å²) in [4.78, 5) is 2.55. The Labute approximate surface area is 90.8 Å². The summed E-state index contributed by atoms with van der Waals surface area (Å²) in [6.07, 6.45) is 3.05. The first-order valence-corrected chi connectivity index (χ1v) is 4.39. The van der Waals surface area contributed by atoms with Gasteiger partial charge < -0.3 is 4.74 Å². The summed E-state index contributed by atoms with van der Waals surface area (Å²) in [5.74, 6) is -2.17. The van der Waals surface area contributed by atoms with Gasteiger partial charge in [0.2, 0.25) is 5.82 Å². The maximum absolute atomic E-state index is 13.0. The Balaban J connectivity index is 2.93. The van der Waals surface area contributed by atoms with Crippen LogP contribution in [0.1, 0.15) is 5.56 Å². The highest BCUT2D eigenvalue weighted by molar-refractivity contribution is 5.52. The van der Waals surface area contributed by atoms with Gasteiger partial charge in [-0.25, -0.2) is 4.39 Å². The number of benzene rings is 1. The lowest BCUT2D eigenvalue weighted by molar-refractivity contribution is 0.371. The molecule has 16 heavy (non-hydrogen) atoms. The molecule has 0 amide bonds. The van der Waals surface area contributed by atoms with E-state index < -0.39 is 11.6 Å². The second kappa shape index (κ2) is 5.72. The Kier molecular flexibility index (Phi) is 4.29. The van der Waals surface area contributed by atoms with Crippen LogP contribution >= 0.6 is 0 Å². The molecule has 0 N–H and O–H groups in total. The van der Waals surface area contributed by atoms with Crippen molar-refractivity contribution in [3.05, 3.63) is 45.8 Å². The smallest absolute Gasteiger partial charge is 0.200 e. The monoisotopic (exact) mass is 225 g/mol. The standard InChI is InChI=1S/C10H9F2N3O/c1-16-9-6-7(3-2-4-14-15-13)5-8(11)10(9)12/h2-3,5-6H,4H2,1H3. The predicted octanol–water partition coefficient (Wildman–Crippen LogP) is 3.30. The lowest BCUT2D eigenvalue weighted by Crippen LogP contribution is -1.93. The zero-order chi connectivity index (χ0) is 12.0. The molecule has 84 valence electrons. The average molecular weight is 225 g/mol. The topological polar surface area (TPSA) is 58.0 Å². The van der Waals surface area contributed by atoms with E-state index in [0.29, 0.717) is 5.56 Å². The molecule has 1 aromatic rings. The van der Waals surface area contributed by atoms with E-state index in [-0.39, 0.29) is 12.3 Å². The fourth-order valence-corrected chi connectivity index (χ4v) is 1.10. The molecule has 0 heterocycles. The van der Waals surface area contributed by atoms with Gasteiger partial charge in [-0.2, -0.15) is 4.39 Å². The zero-order valence-corrected chi connectivity index (χ0v) is 8.52. The SMILES string of the molecule is COc1cc(C=CCN=[N+]=[N-])cc(F)c1F. The largest absolute Gasteiger partial charge is 0.494 e. The molecule has 0 saturated carbocycles. The highest BCUT2D eigenvalue weighted by Gasteiger charge is 2.09. The minimum Gasteiger partial charge on any atom is -0.494 e. The van der Waals surface area contributed by atoms with Crippen molar-refractivity contribution in [3.8, 4) is 5.75 Å². The van der Waals surface area contributed by atoms with Gasteiger partial charge in [-0.15, -0.1) is 0 Å². The van der Waals surface area contributed by atoms with Gasteiger partial charge in [0.15, 0.2) is 11.6 Å². The molecule has 0 radical (unpaired) electrons. The second-order valence-electron chi connectivity index (χ2n) is 2.83. The van der Waals surface area contributed by atoms with Gasteiger partial charge in [-0.1, -0.05) is 17.3 Å². The summed E-state index contributed by atoms with van der Waals surface area (Å²) in [5.41, 5.74) is 8.46. The first-order valence-electron chi connectivity index (χ1n) is 4.39. The van der Waals surface area contributed by atoms with Crippen LogP contribution in [0.15, 0.2) is 23.3 Å². The predicted molar refractivity (Wildman–Crippen MR) is 56.0 cm³/mol. The number of azide groups is 1. The van der Waals surface area contributed by atoms with Crippen molar-refractivity contribution in [1.29, 1.82) is 0 Å². The van der Waals surface area contributed by atoms with Crippen LogP contribution in [0.2, 0.25) is 0 Å². The molecule has 0 aromatic heterocycles. The van der Waals surface area contributed by atoms with Crippen molar-refractivity contribution >= 4 is 6.08 Å². The Bertz CT molecular complexity index is 454. The Morgan fingerprint density at radius 2 is 2.25 bits per heavy atom. The maximum atomic E-state index is 13.0. The maximum Gasteiger partial charge on any atom is 0.200 e. The van der Waals surface area contributed by atoms with E-state index in [2.05, 4.69) is 14.8 Å². The van der Waals surface area contributed by atoms with E-state index in [1.54, 1.807) is 0 Å². The van der Waals surface area contributed by atoms with Gasteiger partial charge in [0.25, 0.3) is 0 Å². The highest BCUT2D eigenvalue weighted by atomic mass is 19.2. The molecule has 6 heteroatoms. The van der Waals surface area contributed by atoms with Crippen LogP contribution in [0.25, 0.3) is 16.5 Å². The lowest BCUT2D eigenvalue weighted by atomic mass is 10.2. The van der Waals surface area contributed by atoms with E-state index in [0.717, 1.165) is 6.07 Å². The Morgan fingerprint density at radius 1 is 1.50 bits per heavy atom. The molecule has 1 aromatic carbocycles. The normalized spacial score (nSPS) is 10.2. The molecule has 0 saturated heterocycles. The average Bonchev–Trinajstić information content (AvgIpc) is 2.29. The zero-order valence-electron chi connectivity index (χ0n) is 8.52. The Hall–Kier alpha value is -2.07. The molecular weight excluding hydrogens is 216 g/mol. The molecule has 0 unspecified atom stereocenters. The van der Waals surface area contributed by atoms with Crippen molar-refractivity contribution < 1.29 is 13.5 Å². The fraction of sp³-hybridized carbons (Fsp3) is 0.200. The number of rotatable bonds is 4. The first-order chi connectivity index (χ1) is 7.69. The van der Waals surface area contributed by atoms with Crippen LogP contribution in [0.3, 0.4) is 0 Å². The number of hydrogen-bond donors (Lipinski definition) is 0. The number of methoxy groups -OCH3 is 1. The van der Waals surface area contributed by atoms with Crippen LogP contribution in [0.5, 0.6) is 5.75 Å². The molecule has 0 aliphatic carbocycles. The van der Waals surface area contributed by atoms with Gasteiger partial charge in [0.05, 0.1) is 7.11 Å². The molecule has 0 aliphatic rings. The van der Waals surface area contributed by atoms with Crippen LogP contribution in [0, 0.1) is 11.6 Å². The van der Waals surface area contributed by atoms with Crippen molar-refractivity contribution in [2.45, 2.75) is 0 Å². The van der Waals surface area contributed by atoms with Crippen molar-refractivity contribution in [2.75, 3.05) is 13.7 Å². The van der Waals surface area contributed by atoms with Crippen LogP contribution in [0.4, 0.5) is 8.78 Å². The van der Waals surface area contributed by atoms with Crippen LogP contribution in [-0.4, -0.2) is 13.7 Å². The van der Waals surface area contributed by atoms with E-state index >= 15 is 0 Å². The number of hydrogen-bond acceptors (Lipinski definition) is 2. The quantitative estimate of drug-likeness (QED) is 0.440. The highest BCUT2D eigenvalue weighted by Crippen LogP contribution is 2.22. The first kappa shape index (κ1) is 12.0. The Morgan fingerprint density at radius 3 is 2.88 bits per heavy atom. The summed E-state index contributed by atoms with van der Waals surface area (Å²) in [6, 6.07) is 2.38. The van der Waals surface area contributed by atoms with Crippen molar-refractivity contribution in [3.63, 3.8) is 0 Å². The molecule has 0 aliphatic heterocycles. The van der Waals surface area contributed by atoms with E-state index in [1.165, 1.54) is 25.3 Å². The molecule has 0 atom stereocenters. The van der Waals surface area contributed by atoms with E-state index in [9.17, 15) is 8.78 Å². The van der Waals surface area contributed by atoms with Gasteiger partial charge in [-0.3, -0.25) is 0 Å². The van der Waals surface area contributed by atoms with E-state index in [4.69, 9.17) is 5.53 Å². The summed E-state index contributed by atoms with van der Waals surface area (Å²) in [6.45, 7) is 0.151. The van der Waals surface area contributed by atoms with Gasteiger partial charge >= 0.3 is 0 Å². The summed E-state index contributed by atoms with van der Waals surface area (Å²) < 4.78 is 30.7. The lowest BCUT2D eigenvalue weighted by Gasteiger charge is -2.03. The molecular formula is C10H9F2N3O. The van der Waals surface area contributed by atoms with Gasteiger partial charge in [0, 0.05) is 11.5 Å².